The number of nitrogens with two attached hydrogens (primary N) is 1. The molecule has 0 amide bonds. The van der Waals surface area contributed by atoms with E-state index >= 15 is 0 Å². The van der Waals surface area contributed by atoms with E-state index in [1.807, 2.05) is 4.57 Å². The van der Waals surface area contributed by atoms with E-state index in [9.17, 15) is 10.2 Å². The Hall–Kier alpha value is -1.73. The molecule has 2 saturated carbocycles. The molecule has 2 aromatic rings. The van der Waals surface area contributed by atoms with Gasteiger partial charge in [0.1, 0.15) is 11.8 Å². The summed E-state index contributed by atoms with van der Waals surface area (Å²) in [5.41, 5.74) is 6.77. The van der Waals surface area contributed by atoms with E-state index in [-0.39, 0.29) is 18.1 Å². The molecular formula is C12H15N5O2. The van der Waals surface area contributed by atoms with Crippen LogP contribution in [0.25, 0.3) is 11.2 Å². The SMILES string of the molecule is Nc1ncnc2c1ncn2[C@H]1C[C@H](O)[C@@]2(CO)C[C@H]12. The van der Waals surface area contributed by atoms with Crippen molar-refractivity contribution in [3.05, 3.63) is 12.7 Å². The molecule has 2 aliphatic rings. The van der Waals surface area contributed by atoms with Gasteiger partial charge in [0.15, 0.2) is 11.5 Å². The van der Waals surface area contributed by atoms with Gasteiger partial charge in [0.05, 0.1) is 19.0 Å². The van der Waals surface area contributed by atoms with E-state index in [1.165, 1.54) is 6.33 Å². The summed E-state index contributed by atoms with van der Waals surface area (Å²) in [6.07, 6.45) is 4.16. The molecule has 0 aliphatic heterocycles. The van der Waals surface area contributed by atoms with Crippen molar-refractivity contribution in [2.24, 2.45) is 11.3 Å². The Morgan fingerprint density at radius 2 is 2.26 bits per heavy atom. The van der Waals surface area contributed by atoms with Gasteiger partial charge in [0, 0.05) is 11.5 Å². The largest absolute Gasteiger partial charge is 0.396 e. The Bertz CT molecular complexity index is 657. The van der Waals surface area contributed by atoms with Crippen molar-refractivity contribution in [1.82, 2.24) is 19.5 Å². The normalized spacial score (nSPS) is 36.6. The monoisotopic (exact) mass is 261 g/mol. The second-order valence-electron chi connectivity index (χ2n) is 5.60. The molecule has 2 aromatic heterocycles. The zero-order valence-electron chi connectivity index (χ0n) is 10.3. The van der Waals surface area contributed by atoms with Crippen LogP contribution in [0.3, 0.4) is 0 Å². The fraction of sp³-hybridized carbons (Fsp3) is 0.583. The van der Waals surface area contributed by atoms with Crippen LogP contribution in [0.1, 0.15) is 18.9 Å². The van der Waals surface area contributed by atoms with Gasteiger partial charge in [-0.25, -0.2) is 15.0 Å². The van der Waals surface area contributed by atoms with Crippen molar-refractivity contribution in [3.8, 4) is 0 Å². The lowest BCUT2D eigenvalue weighted by Gasteiger charge is -2.16. The maximum absolute atomic E-state index is 10.1. The van der Waals surface area contributed by atoms with Gasteiger partial charge in [-0.05, 0) is 18.8 Å². The highest BCUT2D eigenvalue weighted by atomic mass is 16.3. The van der Waals surface area contributed by atoms with Crippen LogP contribution in [0.15, 0.2) is 12.7 Å². The third-order valence-electron chi connectivity index (χ3n) is 4.81. The molecule has 7 nitrogen and oxygen atoms in total. The van der Waals surface area contributed by atoms with Crippen molar-refractivity contribution in [3.63, 3.8) is 0 Å². The zero-order valence-corrected chi connectivity index (χ0v) is 10.3. The van der Waals surface area contributed by atoms with Crippen LogP contribution in [0.5, 0.6) is 0 Å². The van der Waals surface area contributed by atoms with Crippen LogP contribution >= 0.6 is 0 Å². The number of hydrogen-bond acceptors (Lipinski definition) is 6. The average Bonchev–Trinajstić information content (AvgIpc) is 2.89. The Kier molecular flexibility index (Phi) is 2.01. The molecule has 100 valence electrons. The van der Waals surface area contributed by atoms with Crippen LogP contribution in [0, 0.1) is 11.3 Å². The van der Waals surface area contributed by atoms with Gasteiger partial charge < -0.3 is 20.5 Å². The summed E-state index contributed by atoms with van der Waals surface area (Å²) in [6.45, 7) is 0.0408. The van der Waals surface area contributed by atoms with Crippen LogP contribution < -0.4 is 5.73 Å². The lowest BCUT2D eigenvalue weighted by molar-refractivity contribution is 0.0600. The van der Waals surface area contributed by atoms with Gasteiger partial charge >= 0.3 is 0 Å². The molecule has 19 heavy (non-hydrogen) atoms. The second-order valence-corrected chi connectivity index (χ2v) is 5.60. The number of rotatable bonds is 2. The fourth-order valence-electron chi connectivity index (χ4n) is 3.59. The van der Waals surface area contributed by atoms with Gasteiger partial charge in [-0.1, -0.05) is 0 Å². The number of aromatic nitrogens is 4. The molecule has 2 fully saturated rings. The van der Waals surface area contributed by atoms with E-state index in [1.54, 1.807) is 6.33 Å². The number of anilines is 1. The second kappa shape index (κ2) is 3.43. The Labute approximate surface area is 109 Å². The molecule has 4 atom stereocenters. The summed E-state index contributed by atoms with van der Waals surface area (Å²) < 4.78 is 1.96. The van der Waals surface area contributed by atoms with Gasteiger partial charge in [0.25, 0.3) is 0 Å². The first-order valence-corrected chi connectivity index (χ1v) is 6.39. The van der Waals surface area contributed by atoms with Crippen LogP contribution in [0.2, 0.25) is 0 Å². The van der Waals surface area contributed by atoms with Crippen molar-refractivity contribution in [2.75, 3.05) is 12.3 Å². The summed E-state index contributed by atoms with van der Waals surface area (Å²) in [4.78, 5) is 12.4. The first-order valence-electron chi connectivity index (χ1n) is 6.39. The Morgan fingerprint density at radius 3 is 2.95 bits per heavy atom. The lowest BCUT2D eigenvalue weighted by Crippen LogP contribution is -2.22. The standard InChI is InChI=1S/C12H15N5O2/c13-10-9-11(15-4-14-10)17(5-16-9)7-1-8(19)12(3-18)2-6(7)12/h4-8,18-19H,1-3H2,(H2,13,14,15)/t6-,7+,8+,12-/m1/s1. The molecule has 2 aliphatic carbocycles. The molecule has 0 radical (unpaired) electrons. The Balaban J connectivity index is 1.79. The first-order chi connectivity index (χ1) is 9.17. The number of imidazole rings is 1. The highest BCUT2D eigenvalue weighted by Crippen LogP contribution is 2.67. The minimum Gasteiger partial charge on any atom is -0.396 e. The minimum absolute atomic E-state index is 0.0408. The van der Waals surface area contributed by atoms with Gasteiger partial charge in [-0.15, -0.1) is 0 Å². The summed E-state index contributed by atoms with van der Waals surface area (Å²) in [6, 6.07) is 0.126. The maximum atomic E-state index is 10.1. The summed E-state index contributed by atoms with van der Waals surface area (Å²) in [7, 11) is 0. The molecule has 0 saturated heterocycles. The quantitative estimate of drug-likeness (QED) is 0.685. The number of aliphatic hydroxyl groups excluding tert-OH is 2. The molecule has 4 N–H and O–H groups in total. The smallest absolute Gasteiger partial charge is 0.165 e. The van der Waals surface area contributed by atoms with Crippen molar-refractivity contribution in [1.29, 1.82) is 0 Å². The van der Waals surface area contributed by atoms with Gasteiger partial charge in [-0.3, -0.25) is 0 Å². The van der Waals surface area contributed by atoms with E-state index in [2.05, 4.69) is 15.0 Å². The number of aliphatic hydroxyl groups is 2. The highest BCUT2D eigenvalue weighted by Gasteiger charge is 2.67. The summed E-state index contributed by atoms with van der Waals surface area (Å²) in [5, 5.41) is 19.6. The number of nitrogens with zero attached hydrogens (tertiary/aromatic N) is 4. The van der Waals surface area contributed by atoms with Crippen LogP contribution in [-0.4, -0.2) is 42.4 Å². The van der Waals surface area contributed by atoms with E-state index < -0.39 is 6.10 Å². The molecule has 2 heterocycles. The predicted octanol–water partition coefficient (Wildman–Crippen LogP) is -0.287. The van der Waals surface area contributed by atoms with Crippen LogP contribution in [-0.2, 0) is 0 Å². The molecular weight excluding hydrogens is 246 g/mol. The third kappa shape index (κ3) is 1.26. The van der Waals surface area contributed by atoms with E-state index in [0.717, 1.165) is 6.42 Å². The predicted molar refractivity (Wildman–Crippen MR) is 67.0 cm³/mol. The minimum atomic E-state index is -0.455. The molecule has 4 rings (SSSR count). The van der Waals surface area contributed by atoms with Crippen molar-refractivity contribution >= 4 is 17.0 Å². The Morgan fingerprint density at radius 1 is 1.42 bits per heavy atom. The summed E-state index contributed by atoms with van der Waals surface area (Å²) >= 11 is 0. The topological polar surface area (TPSA) is 110 Å². The van der Waals surface area contributed by atoms with Gasteiger partial charge in [-0.2, -0.15) is 0 Å². The molecule has 0 aromatic carbocycles. The maximum Gasteiger partial charge on any atom is 0.165 e. The molecule has 0 spiro atoms. The number of hydrogen-bond donors (Lipinski definition) is 3. The van der Waals surface area contributed by atoms with Crippen molar-refractivity contribution < 1.29 is 10.2 Å². The molecule has 0 unspecified atom stereocenters. The lowest BCUT2D eigenvalue weighted by atomic mass is 10.0. The fourth-order valence-corrected chi connectivity index (χ4v) is 3.59. The molecule has 7 heteroatoms. The van der Waals surface area contributed by atoms with Crippen molar-refractivity contribution in [2.45, 2.75) is 25.0 Å². The molecule has 0 bridgehead atoms. The van der Waals surface area contributed by atoms with E-state index in [0.29, 0.717) is 29.3 Å². The first kappa shape index (κ1) is 11.1. The van der Waals surface area contributed by atoms with Crippen LogP contribution in [0.4, 0.5) is 5.82 Å². The third-order valence-corrected chi connectivity index (χ3v) is 4.81. The number of nitrogen functional groups attached to an aromatic ring is 1. The number of fused-ring (bicyclic) bond motifs is 2. The van der Waals surface area contributed by atoms with Gasteiger partial charge in [0.2, 0.25) is 0 Å². The van der Waals surface area contributed by atoms with E-state index in [4.69, 9.17) is 5.73 Å². The highest BCUT2D eigenvalue weighted by molar-refractivity contribution is 5.81. The summed E-state index contributed by atoms with van der Waals surface area (Å²) in [5.74, 6) is 0.660. The average molecular weight is 261 g/mol. The zero-order chi connectivity index (χ0) is 13.2.